The van der Waals surface area contributed by atoms with Crippen molar-refractivity contribution in [1.29, 1.82) is 0 Å². The predicted molar refractivity (Wildman–Crippen MR) is 115 cm³/mol. The molecule has 1 amide bonds. The van der Waals surface area contributed by atoms with E-state index in [2.05, 4.69) is 5.32 Å². The zero-order valence-electron chi connectivity index (χ0n) is 17.2. The number of hydrogen-bond acceptors (Lipinski definition) is 4. The fraction of sp³-hybridized carbons (Fsp3) is 0.435. The van der Waals surface area contributed by atoms with Gasteiger partial charge in [0.2, 0.25) is 10.0 Å². The third kappa shape index (κ3) is 4.23. The molecule has 0 saturated heterocycles. The van der Waals surface area contributed by atoms with E-state index >= 15 is 0 Å². The maximum atomic E-state index is 13.1. The van der Waals surface area contributed by atoms with Crippen LogP contribution in [0.3, 0.4) is 0 Å². The minimum Gasteiger partial charge on any atom is -0.493 e. The van der Waals surface area contributed by atoms with Gasteiger partial charge in [0, 0.05) is 30.6 Å². The molecule has 2 aliphatic rings. The van der Waals surface area contributed by atoms with E-state index in [1.807, 2.05) is 24.3 Å². The average Bonchev–Trinajstić information content (AvgIpc) is 2.79. The van der Waals surface area contributed by atoms with Crippen molar-refractivity contribution in [1.82, 2.24) is 9.62 Å². The Morgan fingerprint density at radius 1 is 1.03 bits per heavy atom. The quantitative estimate of drug-likeness (QED) is 0.784. The summed E-state index contributed by atoms with van der Waals surface area (Å²) in [6.07, 6.45) is 5.72. The minimum atomic E-state index is -3.64. The van der Waals surface area contributed by atoms with Gasteiger partial charge in [-0.05, 0) is 37.1 Å². The molecule has 1 N–H and O–H groups in total. The van der Waals surface area contributed by atoms with Gasteiger partial charge in [0.25, 0.3) is 5.91 Å². The van der Waals surface area contributed by atoms with Gasteiger partial charge in [-0.25, -0.2) is 8.42 Å². The maximum Gasteiger partial charge on any atom is 0.251 e. The van der Waals surface area contributed by atoms with Gasteiger partial charge < -0.3 is 10.1 Å². The summed E-state index contributed by atoms with van der Waals surface area (Å²) in [4.78, 5) is 13.1. The Hall–Kier alpha value is -2.38. The van der Waals surface area contributed by atoms with Crippen LogP contribution in [0.1, 0.15) is 60.5 Å². The summed E-state index contributed by atoms with van der Waals surface area (Å²) in [6, 6.07) is 13.9. The molecule has 1 fully saturated rings. The Bertz CT molecular complexity index is 1020. The first-order chi connectivity index (χ1) is 14.5. The van der Waals surface area contributed by atoms with Gasteiger partial charge in [-0.3, -0.25) is 4.79 Å². The second-order valence-electron chi connectivity index (χ2n) is 8.04. The fourth-order valence-electron chi connectivity index (χ4n) is 4.34. The average molecular weight is 429 g/mol. The molecule has 0 spiro atoms. The van der Waals surface area contributed by atoms with Crippen molar-refractivity contribution in [2.75, 3.05) is 13.7 Å². The molecule has 1 atom stereocenters. The summed E-state index contributed by atoms with van der Waals surface area (Å²) in [5.74, 6) is 0.494. The normalized spacial score (nSPS) is 19.7. The molecule has 0 radical (unpaired) electrons. The molecule has 0 aromatic heterocycles. The highest BCUT2D eigenvalue weighted by atomic mass is 32.2. The molecular formula is C23H28N2O4S. The number of nitrogens with one attached hydrogen (secondary N) is 1. The first-order valence-electron chi connectivity index (χ1n) is 10.6. The van der Waals surface area contributed by atoms with E-state index < -0.39 is 10.0 Å². The molecule has 1 saturated carbocycles. The highest BCUT2D eigenvalue weighted by molar-refractivity contribution is 7.89. The number of ether oxygens (including phenoxy) is 1. The molecule has 1 heterocycles. The van der Waals surface area contributed by atoms with Crippen LogP contribution in [0.25, 0.3) is 0 Å². The Kier molecular flexibility index (Phi) is 6.11. The van der Waals surface area contributed by atoms with E-state index in [4.69, 9.17) is 4.74 Å². The van der Waals surface area contributed by atoms with Gasteiger partial charge in [-0.15, -0.1) is 0 Å². The third-order valence-electron chi connectivity index (χ3n) is 6.13. The lowest BCUT2D eigenvalue weighted by atomic mass is 9.96. The number of benzene rings is 2. The van der Waals surface area contributed by atoms with Gasteiger partial charge in [0.15, 0.2) is 0 Å². The van der Waals surface area contributed by atoms with Gasteiger partial charge in [0.1, 0.15) is 5.75 Å². The Balaban J connectivity index is 1.52. The van der Waals surface area contributed by atoms with Crippen LogP contribution in [0.4, 0.5) is 0 Å². The van der Waals surface area contributed by atoms with Gasteiger partial charge in [0.05, 0.1) is 17.5 Å². The minimum absolute atomic E-state index is 0.0278. The number of sulfonamides is 1. The van der Waals surface area contributed by atoms with Crippen LogP contribution in [0.2, 0.25) is 0 Å². The van der Waals surface area contributed by atoms with Crippen LogP contribution in [-0.2, 0) is 10.0 Å². The molecule has 2 aromatic rings. The summed E-state index contributed by atoms with van der Waals surface area (Å²) >= 11 is 0. The lowest BCUT2D eigenvalue weighted by Crippen LogP contribution is -2.38. The monoisotopic (exact) mass is 428 g/mol. The van der Waals surface area contributed by atoms with Gasteiger partial charge in [-0.1, -0.05) is 43.5 Å². The lowest BCUT2D eigenvalue weighted by Gasteiger charge is -2.30. The van der Waals surface area contributed by atoms with E-state index in [9.17, 15) is 13.2 Å². The third-order valence-corrected chi connectivity index (χ3v) is 8.03. The van der Waals surface area contributed by atoms with E-state index in [1.165, 1.54) is 10.4 Å². The smallest absolute Gasteiger partial charge is 0.251 e. The summed E-state index contributed by atoms with van der Waals surface area (Å²) in [5.41, 5.74) is 1.29. The molecule has 1 aliphatic carbocycles. The lowest BCUT2D eigenvalue weighted by molar-refractivity contribution is 0.0924. The summed E-state index contributed by atoms with van der Waals surface area (Å²) < 4.78 is 33.4. The van der Waals surface area contributed by atoms with E-state index in [0.717, 1.165) is 43.4 Å². The summed E-state index contributed by atoms with van der Waals surface area (Å²) in [6.45, 7) is 0.530. The van der Waals surface area contributed by atoms with Crippen molar-refractivity contribution in [2.45, 2.75) is 55.5 Å². The number of carbonyl (C=O) groups is 1. The van der Waals surface area contributed by atoms with Crippen LogP contribution < -0.4 is 10.1 Å². The van der Waals surface area contributed by atoms with Gasteiger partial charge >= 0.3 is 0 Å². The topological polar surface area (TPSA) is 75.7 Å². The Morgan fingerprint density at radius 3 is 2.60 bits per heavy atom. The largest absolute Gasteiger partial charge is 0.493 e. The van der Waals surface area contributed by atoms with Crippen molar-refractivity contribution in [2.24, 2.45) is 0 Å². The predicted octanol–water partition coefficient (Wildman–Crippen LogP) is 3.89. The highest BCUT2D eigenvalue weighted by Gasteiger charge is 2.30. The molecule has 1 unspecified atom stereocenters. The van der Waals surface area contributed by atoms with Crippen LogP contribution in [0.5, 0.6) is 5.75 Å². The number of para-hydroxylation sites is 1. The maximum absolute atomic E-state index is 13.1. The molecule has 1 aliphatic heterocycles. The van der Waals surface area contributed by atoms with Crippen molar-refractivity contribution >= 4 is 15.9 Å². The summed E-state index contributed by atoms with van der Waals surface area (Å²) in [5, 5.41) is 3.04. The van der Waals surface area contributed by atoms with Crippen LogP contribution in [0.15, 0.2) is 53.4 Å². The van der Waals surface area contributed by atoms with Crippen molar-refractivity contribution in [3.63, 3.8) is 0 Å². The first-order valence-corrected chi connectivity index (χ1v) is 12.0. The highest BCUT2D eigenvalue weighted by Crippen LogP contribution is 2.32. The Morgan fingerprint density at radius 2 is 1.80 bits per heavy atom. The Labute approximate surface area is 178 Å². The number of fused-ring (bicyclic) bond motifs is 1. The number of carbonyl (C=O) groups excluding carboxylic acids is 1. The number of rotatable bonds is 5. The van der Waals surface area contributed by atoms with Crippen LogP contribution in [0, 0.1) is 0 Å². The fourth-order valence-corrected chi connectivity index (χ4v) is 5.80. The molecule has 0 bridgehead atoms. The second kappa shape index (κ2) is 8.78. The van der Waals surface area contributed by atoms with Crippen molar-refractivity contribution < 1.29 is 17.9 Å². The van der Waals surface area contributed by atoms with E-state index in [0.29, 0.717) is 18.6 Å². The van der Waals surface area contributed by atoms with Crippen LogP contribution in [-0.4, -0.2) is 38.3 Å². The van der Waals surface area contributed by atoms with Crippen molar-refractivity contribution in [3.05, 3.63) is 59.7 Å². The van der Waals surface area contributed by atoms with E-state index in [1.54, 1.807) is 25.2 Å². The van der Waals surface area contributed by atoms with Gasteiger partial charge in [-0.2, -0.15) is 4.31 Å². The SMILES string of the molecule is CN(C1CCCCC1)S(=O)(=O)c1cccc(C(=O)NC2CCOc3ccccc32)c1. The second-order valence-corrected chi connectivity index (χ2v) is 10.0. The standard InChI is InChI=1S/C23H28N2O4S/c1-25(18-9-3-2-4-10-18)30(27,28)19-11-7-8-17(16-19)23(26)24-21-14-15-29-22-13-6-5-12-20(21)22/h5-8,11-13,16,18,21H,2-4,9-10,14-15H2,1H3,(H,24,26). The molecule has 2 aromatic carbocycles. The number of nitrogens with zero attached hydrogens (tertiary/aromatic N) is 1. The molecule has 4 rings (SSSR count). The first kappa shape index (κ1) is 20.9. The zero-order valence-corrected chi connectivity index (χ0v) is 18.0. The summed E-state index contributed by atoms with van der Waals surface area (Å²) in [7, 11) is -1.99. The number of hydrogen-bond donors (Lipinski definition) is 1. The molecule has 7 heteroatoms. The molecular weight excluding hydrogens is 400 g/mol. The zero-order chi connectivity index (χ0) is 21.1. The molecule has 160 valence electrons. The van der Waals surface area contributed by atoms with Crippen molar-refractivity contribution in [3.8, 4) is 5.75 Å². The van der Waals surface area contributed by atoms with E-state index in [-0.39, 0.29) is 22.9 Å². The number of amides is 1. The molecule has 30 heavy (non-hydrogen) atoms. The van der Waals surface area contributed by atoms with Crippen LogP contribution >= 0.6 is 0 Å². The molecule has 6 nitrogen and oxygen atoms in total.